The minimum atomic E-state index is -3.61. The number of hydrogen-bond acceptors (Lipinski definition) is 4. The Bertz CT molecular complexity index is 1050. The monoisotopic (exact) mass is 410 g/mol. The van der Waals surface area contributed by atoms with Crippen LogP contribution in [0.2, 0.25) is 0 Å². The van der Waals surface area contributed by atoms with Crippen LogP contribution in [0, 0.1) is 6.92 Å². The molecule has 0 radical (unpaired) electrons. The van der Waals surface area contributed by atoms with Crippen molar-refractivity contribution in [1.82, 2.24) is 4.72 Å². The van der Waals surface area contributed by atoms with E-state index in [1.54, 1.807) is 42.5 Å². The first kappa shape index (κ1) is 20.6. The number of benzene rings is 3. The molecule has 0 aliphatic carbocycles. The number of ether oxygens (including phenoxy) is 1. The van der Waals surface area contributed by atoms with Crippen LogP contribution in [0.3, 0.4) is 0 Å². The van der Waals surface area contributed by atoms with Crippen LogP contribution < -0.4 is 14.8 Å². The first-order valence-electron chi connectivity index (χ1n) is 9.11. The number of amides is 1. The fourth-order valence-electron chi connectivity index (χ4n) is 2.55. The first-order chi connectivity index (χ1) is 13.9. The standard InChI is InChI=1S/C22H22N2O4S/c1-17-7-11-19(12-8-17)28-20-13-9-18(10-14-20)24-22(25)15-16-23-29(26,27)21-5-3-2-4-6-21/h2-14,23H,15-16H2,1H3,(H,24,25). The second-order valence-corrected chi connectivity index (χ2v) is 8.22. The molecule has 0 saturated heterocycles. The van der Waals surface area contributed by atoms with Gasteiger partial charge in [0, 0.05) is 18.7 Å². The maximum atomic E-state index is 12.1. The van der Waals surface area contributed by atoms with Gasteiger partial charge in [0.15, 0.2) is 0 Å². The van der Waals surface area contributed by atoms with E-state index in [2.05, 4.69) is 10.0 Å². The molecule has 7 heteroatoms. The smallest absolute Gasteiger partial charge is 0.240 e. The highest BCUT2D eigenvalue weighted by Gasteiger charge is 2.13. The number of carbonyl (C=O) groups is 1. The largest absolute Gasteiger partial charge is 0.457 e. The van der Waals surface area contributed by atoms with E-state index < -0.39 is 10.0 Å². The minimum Gasteiger partial charge on any atom is -0.457 e. The normalized spacial score (nSPS) is 11.1. The Kier molecular flexibility index (Phi) is 6.64. The van der Waals surface area contributed by atoms with Gasteiger partial charge in [0.1, 0.15) is 11.5 Å². The molecule has 0 unspecified atom stereocenters. The lowest BCUT2D eigenvalue weighted by Gasteiger charge is -2.09. The van der Waals surface area contributed by atoms with Crippen molar-refractivity contribution in [3.8, 4) is 11.5 Å². The Balaban J connectivity index is 1.47. The van der Waals surface area contributed by atoms with E-state index in [4.69, 9.17) is 4.74 Å². The topological polar surface area (TPSA) is 84.5 Å². The summed E-state index contributed by atoms with van der Waals surface area (Å²) >= 11 is 0. The molecule has 0 aromatic heterocycles. The van der Waals surface area contributed by atoms with Gasteiger partial charge < -0.3 is 10.1 Å². The summed E-state index contributed by atoms with van der Waals surface area (Å²) in [6, 6.07) is 22.7. The molecular weight excluding hydrogens is 388 g/mol. The Hall–Kier alpha value is -3.16. The fourth-order valence-corrected chi connectivity index (χ4v) is 3.61. The van der Waals surface area contributed by atoms with Gasteiger partial charge in [-0.05, 0) is 55.5 Å². The zero-order chi connectivity index (χ0) is 20.7. The average molecular weight is 410 g/mol. The van der Waals surface area contributed by atoms with Gasteiger partial charge in [-0.1, -0.05) is 35.9 Å². The second kappa shape index (κ2) is 9.36. The number of carbonyl (C=O) groups excluding carboxylic acids is 1. The van der Waals surface area contributed by atoms with Crippen molar-refractivity contribution >= 4 is 21.6 Å². The second-order valence-electron chi connectivity index (χ2n) is 6.45. The van der Waals surface area contributed by atoms with Crippen LogP contribution in [0.1, 0.15) is 12.0 Å². The molecule has 0 atom stereocenters. The van der Waals surface area contributed by atoms with Crippen molar-refractivity contribution in [2.45, 2.75) is 18.2 Å². The van der Waals surface area contributed by atoms with Crippen LogP contribution >= 0.6 is 0 Å². The molecule has 6 nitrogen and oxygen atoms in total. The highest BCUT2D eigenvalue weighted by atomic mass is 32.2. The maximum absolute atomic E-state index is 12.1. The summed E-state index contributed by atoms with van der Waals surface area (Å²) in [5.74, 6) is 1.11. The van der Waals surface area contributed by atoms with Gasteiger partial charge in [-0.15, -0.1) is 0 Å². The molecular formula is C22H22N2O4S. The number of sulfonamides is 1. The van der Waals surface area contributed by atoms with Gasteiger partial charge in [0.2, 0.25) is 15.9 Å². The molecule has 2 N–H and O–H groups in total. The van der Waals surface area contributed by atoms with Crippen molar-refractivity contribution in [1.29, 1.82) is 0 Å². The highest BCUT2D eigenvalue weighted by molar-refractivity contribution is 7.89. The summed E-state index contributed by atoms with van der Waals surface area (Å²) < 4.78 is 32.4. The van der Waals surface area contributed by atoms with Crippen molar-refractivity contribution in [3.05, 3.63) is 84.4 Å². The van der Waals surface area contributed by atoms with Crippen molar-refractivity contribution in [3.63, 3.8) is 0 Å². The first-order valence-corrected chi connectivity index (χ1v) is 10.6. The van der Waals surface area contributed by atoms with Crippen molar-refractivity contribution in [2.24, 2.45) is 0 Å². The zero-order valence-corrected chi connectivity index (χ0v) is 16.8. The molecule has 0 heterocycles. The van der Waals surface area contributed by atoms with E-state index in [1.165, 1.54) is 12.1 Å². The van der Waals surface area contributed by atoms with Gasteiger partial charge in [-0.25, -0.2) is 13.1 Å². The Morgan fingerprint density at radius 2 is 1.45 bits per heavy atom. The lowest BCUT2D eigenvalue weighted by Crippen LogP contribution is -2.27. The predicted octanol–water partition coefficient (Wildman–Crippen LogP) is 4.09. The van der Waals surface area contributed by atoms with E-state index in [1.807, 2.05) is 31.2 Å². The fraction of sp³-hybridized carbons (Fsp3) is 0.136. The quantitative estimate of drug-likeness (QED) is 0.586. The van der Waals surface area contributed by atoms with Gasteiger partial charge in [-0.2, -0.15) is 0 Å². The third kappa shape index (κ3) is 6.17. The third-order valence-corrected chi connectivity index (χ3v) is 5.57. The summed E-state index contributed by atoms with van der Waals surface area (Å²) in [6.45, 7) is 2.02. The number of aryl methyl sites for hydroxylation is 1. The zero-order valence-electron chi connectivity index (χ0n) is 16.0. The molecule has 0 saturated carbocycles. The van der Waals surface area contributed by atoms with Crippen molar-refractivity contribution < 1.29 is 17.9 Å². The van der Waals surface area contributed by atoms with E-state index >= 15 is 0 Å². The number of rotatable bonds is 8. The molecule has 3 aromatic rings. The molecule has 3 aromatic carbocycles. The Morgan fingerprint density at radius 1 is 0.862 bits per heavy atom. The summed E-state index contributed by atoms with van der Waals surface area (Å²) in [5, 5.41) is 2.74. The predicted molar refractivity (Wildman–Crippen MR) is 113 cm³/mol. The molecule has 0 fully saturated rings. The summed E-state index contributed by atoms with van der Waals surface area (Å²) in [7, 11) is -3.61. The minimum absolute atomic E-state index is 0.0116. The van der Waals surface area contributed by atoms with E-state index in [-0.39, 0.29) is 23.8 Å². The lowest BCUT2D eigenvalue weighted by atomic mass is 10.2. The number of nitrogens with one attached hydrogen (secondary N) is 2. The van der Waals surface area contributed by atoms with Gasteiger partial charge >= 0.3 is 0 Å². The van der Waals surface area contributed by atoms with Crippen LogP contribution in [0.15, 0.2) is 83.8 Å². The van der Waals surface area contributed by atoms with E-state index in [9.17, 15) is 13.2 Å². The Labute approximate surface area is 170 Å². The van der Waals surface area contributed by atoms with Crippen LogP contribution in [-0.4, -0.2) is 20.9 Å². The molecule has 0 bridgehead atoms. The van der Waals surface area contributed by atoms with Crippen LogP contribution in [-0.2, 0) is 14.8 Å². The lowest BCUT2D eigenvalue weighted by molar-refractivity contribution is -0.116. The molecule has 150 valence electrons. The van der Waals surface area contributed by atoms with Crippen LogP contribution in [0.5, 0.6) is 11.5 Å². The van der Waals surface area contributed by atoms with Gasteiger partial charge in [-0.3, -0.25) is 4.79 Å². The van der Waals surface area contributed by atoms with E-state index in [0.717, 1.165) is 11.3 Å². The molecule has 3 rings (SSSR count). The number of hydrogen-bond donors (Lipinski definition) is 2. The average Bonchev–Trinajstić information content (AvgIpc) is 2.72. The Morgan fingerprint density at radius 3 is 2.07 bits per heavy atom. The molecule has 0 aliphatic rings. The third-order valence-electron chi connectivity index (χ3n) is 4.09. The molecule has 0 aliphatic heterocycles. The number of anilines is 1. The molecule has 29 heavy (non-hydrogen) atoms. The molecule has 1 amide bonds. The summed E-state index contributed by atoms with van der Waals surface area (Å²) in [5.41, 5.74) is 1.76. The van der Waals surface area contributed by atoms with Gasteiger partial charge in [0.05, 0.1) is 4.90 Å². The highest BCUT2D eigenvalue weighted by Crippen LogP contribution is 2.23. The van der Waals surface area contributed by atoms with Crippen LogP contribution in [0.25, 0.3) is 0 Å². The van der Waals surface area contributed by atoms with Crippen molar-refractivity contribution in [2.75, 3.05) is 11.9 Å². The summed E-state index contributed by atoms with van der Waals surface area (Å²) in [6.07, 6.45) is 0.0215. The SMILES string of the molecule is Cc1ccc(Oc2ccc(NC(=O)CCNS(=O)(=O)c3ccccc3)cc2)cc1. The molecule has 0 spiro atoms. The maximum Gasteiger partial charge on any atom is 0.240 e. The van der Waals surface area contributed by atoms with Gasteiger partial charge in [0.25, 0.3) is 0 Å². The van der Waals surface area contributed by atoms with E-state index in [0.29, 0.717) is 11.4 Å². The van der Waals surface area contributed by atoms with Crippen LogP contribution in [0.4, 0.5) is 5.69 Å². The summed E-state index contributed by atoms with van der Waals surface area (Å²) in [4.78, 5) is 12.2.